The van der Waals surface area contributed by atoms with Crippen LogP contribution in [0.15, 0.2) is 24.3 Å². The van der Waals surface area contributed by atoms with Crippen molar-refractivity contribution in [1.82, 2.24) is 0 Å². The first-order chi connectivity index (χ1) is 6.24. The standard InChI is InChI=1S/C9H9BrO3/c10-5-6-13-9(12)7-1-3-8(11)4-2-7/h1-4,11H,5-6H2. The fraction of sp³-hybridized carbons (Fsp3) is 0.222. The topological polar surface area (TPSA) is 46.5 Å². The van der Waals surface area contributed by atoms with E-state index < -0.39 is 0 Å². The van der Waals surface area contributed by atoms with Crippen LogP contribution >= 0.6 is 15.9 Å². The van der Waals surface area contributed by atoms with Gasteiger partial charge in [-0.25, -0.2) is 4.79 Å². The summed E-state index contributed by atoms with van der Waals surface area (Å²) in [5.41, 5.74) is 0.443. The minimum absolute atomic E-state index is 0.136. The Kier molecular flexibility index (Phi) is 3.76. The van der Waals surface area contributed by atoms with Gasteiger partial charge in [0.25, 0.3) is 0 Å². The molecule has 0 radical (unpaired) electrons. The lowest BCUT2D eigenvalue weighted by atomic mass is 10.2. The van der Waals surface area contributed by atoms with Gasteiger partial charge in [-0.3, -0.25) is 0 Å². The van der Waals surface area contributed by atoms with Gasteiger partial charge in [0.15, 0.2) is 0 Å². The molecular formula is C9H9BrO3. The zero-order valence-electron chi connectivity index (χ0n) is 6.87. The zero-order valence-corrected chi connectivity index (χ0v) is 8.45. The molecule has 1 rings (SSSR count). The molecule has 1 aromatic carbocycles. The van der Waals surface area contributed by atoms with Crippen LogP contribution in [-0.4, -0.2) is 23.0 Å². The number of rotatable bonds is 3. The summed E-state index contributed by atoms with van der Waals surface area (Å²) in [6.45, 7) is 0.347. The molecule has 4 heteroatoms. The van der Waals surface area contributed by atoms with E-state index in [0.29, 0.717) is 17.5 Å². The second-order valence-electron chi connectivity index (χ2n) is 2.37. The zero-order chi connectivity index (χ0) is 9.68. The normalized spacial score (nSPS) is 9.62. The molecule has 0 atom stereocenters. The van der Waals surface area contributed by atoms with Crippen molar-refractivity contribution < 1.29 is 14.6 Å². The average Bonchev–Trinajstić information content (AvgIpc) is 2.15. The number of alkyl halides is 1. The number of phenols is 1. The Labute approximate surface area is 84.5 Å². The van der Waals surface area contributed by atoms with Crippen LogP contribution in [0.2, 0.25) is 0 Å². The number of benzene rings is 1. The summed E-state index contributed by atoms with van der Waals surface area (Å²) in [4.78, 5) is 11.2. The van der Waals surface area contributed by atoms with Crippen molar-refractivity contribution in [2.75, 3.05) is 11.9 Å². The van der Waals surface area contributed by atoms with Gasteiger partial charge in [0.1, 0.15) is 12.4 Å². The van der Waals surface area contributed by atoms with E-state index in [9.17, 15) is 4.79 Å². The van der Waals surface area contributed by atoms with E-state index in [1.165, 1.54) is 24.3 Å². The van der Waals surface area contributed by atoms with Gasteiger partial charge >= 0.3 is 5.97 Å². The average molecular weight is 245 g/mol. The summed E-state index contributed by atoms with van der Waals surface area (Å²) in [7, 11) is 0. The Bertz CT molecular complexity index is 281. The van der Waals surface area contributed by atoms with Crippen LogP contribution in [0.4, 0.5) is 0 Å². The third-order valence-corrected chi connectivity index (χ3v) is 1.74. The van der Waals surface area contributed by atoms with Crippen molar-refractivity contribution in [1.29, 1.82) is 0 Å². The van der Waals surface area contributed by atoms with Gasteiger partial charge in [-0.05, 0) is 24.3 Å². The lowest BCUT2D eigenvalue weighted by Gasteiger charge is -2.01. The molecule has 13 heavy (non-hydrogen) atoms. The molecule has 0 heterocycles. The Balaban J connectivity index is 2.61. The van der Waals surface area contributed by atoms with E-state index in [2.05, 4.69) is 15.9 Å². The predicted molar refractivity (Wildman–Crippen MR) is 52.2 cm³/mol. The summed E-state index contributed by atoms with van der Waals surface area (Å²) in [5, 5.41) is 9.58. The number of phenolic OH excluding ortho intramolecular Hbond substituents is 1. The molecule has 0 fully saturated rings. The van der Waals surface area contributed by atoms with E-state index in [4.69, 9.17) is 9.84 Å². The maximum Gasteiger partial charge on any atom is 0.338 e. The van der Waals surface area contributed by atoms with Gasteiger partial charge in [-0.1, -0.05) is 15.9 Å². The third-order valence-electron chi connectivity index (χ3n) is 1.41. The van der Waals surface area contributed by atoms with Crippen molar-refractivity contribution in [3.05, 3.63) is 29.8 Å². The molecule has 0 amide bonds. The summed E-state index contributed by atoms with van der Waals surface area (Å²) in [6, 6.07) is 5.94. The molecule has 0 unspecified atom stereocenters. The molecular weight excluding hydrogens is 236 g/mol. The fourth-order valence-electron chi connectivity index (χ4n) is 0.812. The first-order valence-electron chi connectivity index (χ1n) is 3.76. The number of hydrogen-bond donors (Lipinski definition) is 1. The molecule has 3 nitrogen and oxygen atoms in total. The molecule has 0 bridgehead atoms. The van der Waals surface area contributed by atoms with Crippen molar-refractivity contribution in [3.63, 3.8) is 0 Å². The summed E-state index contributed by atoms with van der Waals surface area (Å²) < 4.78 is 4.85. The molecule has 70 valence electrons. The highest BCUT2D eigenvalue weighted by Gasteiger charge is 2.05. The van der Waals surface area contributed by atoms with Crippen molar-refractivity contribution in [3.8, 4) is 5.75 Å². The van der Waals surface area contributed by atoms with Gasteiger partial charge < -0.3 is 9.84 Å². The minimum atomic E-state index is -0.376. The van der Waals surface area contributed by atoms with Crippen LogP contribution in [-0.2, 0) is 4.74 Å². The lowest BCUT2D eigenvalue weighted by molar-refractivity contribution is 0.0531. The molecule has 0 aromatic heterocycles. The van der Waals surface area contributed by atoms with Gasteiger partial charge in [0.2, 0.25) is 0 Å². The molecule has 0 aliphatic rings. The largest absolute Gasteiger partial charge is 0.508 e. The number of halogens is 1. The Morgan fingerprint density at radius 1 is 1.38 bits per heavy atom. The van der Waals surface area contributed by atoms with Crippen LogP contribution in [0.3, 0.4) is 0 Å². The van der Waals surface area contributed by atoms with Crippen molar-refractivity contribution >= 4 is 21.9 Å². The first kappa shape index (κ1) is 10.1. The molecule has 0 saturated heterocycles. The summed E-state index contributed by atoms with van der Waals surface area (Å²) in [5.74, 6) is -0.239. The highest BCUT2D eigenvalue weighted by Crippen LogP contribution is 2.10. The molecule has 1 N–H and O–H groups in total. The second-order valence-corrected chi connectivity index (χ2v) is 3.16. The molecule has 0 spiro atoms. The van der Waals surface area contributed by atoms with Crippen LogP contribution in [0.1, 0.15) is 10.4 Å². The molecule has 0 aliphatic heterocycles. The number of esters is 1. The Hall–Kier alpha value is -1.03. The Morgan fingerprint density at radius 3 is 2.54 bits per heavy atom. The van der Waals surface area contributed by atoms with E-state index in [1.807, 2.05) is 0 Å². The van der Waals surface area contributed by atoms with Crippen molar-refractivity contribution in [2.24, 2.45) is 0 Å². The molecule has 0 saturated carbocycles. The highest BCUT2D eigenvalue weighted by molar-refractivity contribution is 9.09. The molecule has 1 aromatic rings. The van der Waals surface area contributed by atoms with E-state index >= 15 is 0 Å². The number of hydrogen-bond acceptors (Lipinski definition) is 3. The minimum Gasteiger partial charge on any atom is -0.508 e. The predicted octanol–water partition coefficient (Wildman–Crippen LogP) is 1.94. The maximum absolute atomic E-state index is 11.2. The second kappa shape index (κ2) is 4.87. The molecule has 0 aliphatic carbocycles. The fourth-order valence-corrected chi connectivity index (χ4v) is 0.974. The van der Waals surface area contributed by atoms with Crippen molar-refractivity contribution in [2.45, 2.75) is 0 Å². The third kappa shape index (κ3) is 3.06. The number of ether oxygens (including phenoxy) is 1. The van der Waals surface area contributed by atoms with Crippen LogP contribution in [0.25, 0.3) is 0 Å². The highest BCUT2D eigenvalue weighted by atomic mass is 79.9. The van der Waals surface area contributed by atoms with E-state index in [-0.39, 0.29) is 11.7 Å². The first-order valence-corrected chi connectivity index (χ1v) is 4.88. The number of carbonyl (C=O) groups excluding carboxylic acids is 1. The summed E-state index contributed by atoms with van der Waals surface area (Å²) in [6.07, 6.45) is 0. The van der Waals surface area contributed by atoms with Gasteiger partial charge in [-0.15, -0.1) is 0 Å². The van der Waals surface area contributed by atoms with Crippen LogP contribution < -0.4 is 0 Å². The number of carbonyl (C=O) groups is 1. The Morgan fingerprint density at radius 2 is 2.00 bits per heavy atom. The van der Waals surface area contributed by atoms with E-state index in [0.717, 1.165) is 0 Å². The number of aromatic hydroxyl groups is 1. The SMILES string of the molecule is O=C(OCCBr)c1ccc(O)cc1. The smallest absolute Gasteiger partial charge is 0.338 e. The monoisotopic (exact) mass is 244 g/mol. The van der Waals surface area contributed by atoms with Gasteiger partial charge in [-0.2, -0.15) is 0 Å². The summed E-state index contributed by atoms with van der Waals surface area (Å²) >= 11 is 3.14. The quantitative estimate of drug-likeness (QED) is 0.653. The van der Waals surface area contributed by atoms with Gasteiger partial charge in [0.05, 0.1) is 5.56 Å². The van der Waals surface area contributed by atoms with E-state index in [1.54, 1.807) is 0 Å². The van der Waals surface area contributed by atoms with Gasteiger partial charge in [0, 0.05) is 5.33 Å². The maximum atomic E-state index is 11.2. The van der Waals surface area contributed by atoms with Crippen LogP contribution in [0.5, 0.6) is 5.75 Å². The lowest BCUT2D eigenvalue weighted by Crippen LogP contribution is -2.06. The van der Waals surface area contributed by atoms with Crippen LogP contribution in [0, 0.1) is 0 Å².